The molecule has 0 unspecified atom stereocenters. The van der Waals surface area contributed by atoms with E-state index in [1.54, 1.807) is 6.20 Å². The summed E-state index contributed by atoms with van der Waals surface area (Å²) in [5, 5.41) is 0. The number of hydrogen-bond acceptors (Lipinski definition) is 2. The summed E-state index contributed by atoms with van der Waals surface area (Å²) in [5.74, 6) is 0.974. The molecule has 0 spiro atoms. The summed E-state index contributed by atoms with van der Waals surface area (Å²) in [6.07, 6.45) is 4.40. The molecule has 2 rings (SSSR count). The maximum Gasteiger partial charge on any atom is 0.110 e. The number of thiol groups is 1. The van der Waals surface area contributed by atoms with E-state index in [-0.39, 0.29) is 19.5 Å². The number of rotatable bonds is 2. The van der Waals surface area contributed by atoms with Crippen LogP contribution in [-0.4, -0.2) is 9.97 Å². The van der Waals surface area contributed by atoms with Crippen molar-refractivity contribution < 1.29 is 19.5 Å². The van der Waals surface area contributed by atoms with Gasteiger partial charge in [-0.25, -0.2) is 4.98 Å². The van der Waals surface area contributed by atoms with E-state index in [0.717, 1.165) is 17.1 Å². The number of H-pyrrole nitrogens is 1. The Morgan fingerprint density at radius 3 is 2.71 bits per heavy atom. The fourth-order valence-corrected chi connectivity index (χ4v) is 1.48. The molecule has 14 heavy (non-hydrogen) atoms. The molecule has 0 amide bonds. The zero-order valence-electron chi connectivity index (χ0n) is 7.77. The summed E-state index contributed by atoms with van der Waals surface area (Å²) in [7, 11) is 0. The van der Waals surface area contributed by atoms with E-state index in [1.807, 2.05) is 24.4 Å². The SMILES string of the molecule is Sc1ccccc1Cc1ncc[nH]1.[Zn]. The minimum atomic E-state index is 0. The third-order valence-electron chi connectivity index (χ3n) is 1.90. The van der Waals surface area contributed by atoms with Gasteiger partial charge in [-0.15, -0.1) is 12.6 Å². The first-order valence-electron chi connectivity index (χ1n) is 4.11. The van der Waals surface area contributed by atoms with Gasteiger partial charge >= 0.3 is 0 Å². The van der Waals surface area contributed by atoms with E-state index in [0.29, 0.717) is 0 Å². The van der Waals surface area contributed by atoms with Gasteiger partial charge < -0.3 is 4.98 Å². The molecule has 1 aromatic carbocycles. The van der Waals surface area contributed by atoms with Crippen molar-refractivity contribution in [3.8, 4) is 0 Å². The van der Waals surface area contributed by atoms with Gasteiger partial charge in [0.25, 0.3) is 0 Å². The Hall–Kier alpha value is -0.597. The molecule has 0 bridgehead atoms. The Labute approximate surface area is 101 Å². The van der Waals surface area contributed by atoms with Gasteiger partial charge in [-0.2, -0.15) is 0 Å². The molecule has 0 radical (unpaired) electrons. The van der Waals surface area contributed by atoms with Gasteiger partial charge in [-0.1, -0.05) is 18.2 Å². The topological polar surface area (TPSA) is 28.7 Å². The van der Waals surface area contributed by atoms with Crippen molar-refractivity contribution in [1.29, 1.82) is 0 Å². The summed E-state index contributed by atoms with van der Waals surface area (Å²) in [5.41, 5.74) is 1.20. The smallest absolute Gasteiger partial charge is 0.110 e. The van der Waals surface area contributed by atoms with Crippen molar-refractivity contribution in [1.82, 2.24) is 9.97 Å². The summed E-state index contributed by atoms with van der Waals surface area (Å²) in [6, 6.07) is 8.04. The number of hydrogen-bond donors (Lipinski definition) is 2. The van der Waals surface area contributed by atoms with Gasteiger partial charge in [-0.3, -0.25) is 0 Å². The molecule has 0 aliphatic heterocycles. The Balaban J connectivity index is 0.000000980. The minimum Gasteiger partial charge on any atom is -0.348 e. The largest absolute Gasteiger partial charge is 0.348 e. The van der Waals surface area contributed by atoms with Gasteiger partial charge in [0.2, 0.25) is 0 Å². The number of aromatic amines is 1. The Morgan fingerprint density at radius 1 is 1.29 bits per heavy atom. The van der Waals surface area contributed by atoms with Crippen molar-refractivity contribution in [3.05, 3.63) is 48.0 Å². The van der Waals surface area contributed by atoms with Crippen LogP contribution in [0.15, 0.2) is 41.6 Å². The van der Waals surface area contributed by atoms with Crippen LogP contribution in [-0.2, 0) is 25.9 Å². The summed E-state index contributed by atoms with van der Waals surface area (Å²) >= 11 is 4.37. The van der Waals surface area contributed by atoms with Gasteiger partial charge in [-0.05, 0) is 11.6 Å². The summed E-state index contributed by atoms with van der Waals surface area (Å²) < 4.78 is 0. The van der Waals surface area contributed by atoms with Crippen molar-refractivity contribution in [2.45, 2.75) is 11.3 Å². The zero-order chi connectivity index (χ0) is 9.10. The van der Waals surface area contributed by atoms with Gasteiger partial charge in [0.15, 0.2) is 0 Å². The molecular formula is C10H10N2SZn. The van der Waals surface area contributed by atoms with Crippen LogP contribution in [0.3, 0.4) is 0 Å². The molecule has 68 valence electrons. The van der Waals surface area contributed by atoms with Crippen LogP contribution >= 0.6 is 12.6 Å². The fourth-order valence-electron chi connectivity index (χ4n) is 1.24. The molecule has 0 saturated heterocycles. The molecule has 4 heteroatoms. The Kier molecular flexibility index (Phi) is 4.37. The van der Waals surface area contributed by atoms with Crippen molar-refractivity contribution in [2.24, 2.45) is 0 Å². The first-order chi connectivity index (χ1) is 6.36. The van der Waals surface area contributed by atoms with E-state index >= 15 is 0 Å². The van der Waals surface area contributed by atoms with Gasteiger partial charge in [0.1, 0.15) is 5.82 Å². The van der Waals surface area contributed by atoms with Crippen LogP contribution in [0.25, 0.3) is 0 Å². The Morgan fingerprint density at radius 2 is 2.07 bits per heavy atom. The fraction of sp³-hybridized carbons (Fsp3) is 0.100. The predicted molar refractivity (Wildman–Crippen MR) is 55.1 cm³/mol. The van der Waals surface area contributed by atoms with E-state index < -0.39 is 0 Å². The molecule has 0 saturated carbocycles. The molecule has 1 aromatic heterocycles. The summed E-state index contributed by atoms with van der Waals surface area (Å²) in [6.45, 7) is 0. The number of nitrogens with zero attached hydrogens (tertiary/aromatic N) is 1. The zero-order valence-corrected chi connectivity index (χ0v) is 11.6. The van der Waals surface area contributed by atoms with Crippen LogP contribution in [0.2, 0.25) is 0 Å². The molecule has 0 atom stereocenters. The second-order valence-corrected chi connectivity index (χ2v) is 3.32. The number of aromatic nitrogens is 2. The van der Waals surface area contributed by atoms with E-state index in [1.165, 1.54) is 5.56 Å². The van der Waals surface area contributed by atoms with Crippen LogP contribution in [0, 0.1) is 0 Å². The quantitative estimate of drug-likeness (QED) is 0.626. The maximum absolute atomic E-state index is 4.37. The van der Waals surface area contributed by atoms with Crippen LogP contribution in [0.1, 0.15) is 11.4 Å². The van der Waals surface area contributed by atoms with Crippen LogP contribution in [0.5, 0.6) is 0 Å². The second kappa shape index (κ2) is 5.33. The number of nitrogens with one attached hydrogen (secondary N) is 1. The molecular weight excluding hydrogens is 246 g/mol. The van der Waals surface area contributed by atoms with E-state index in [2.05, 4.69) is 28.7 Å². The minimum absolute atomic E-state index is 0. The van der Waals surface area contributed by atoms with Crippen molar-refractivity contribution in [3.63, 3.8) is 0 Å². The Bertz CT molecular complexity index is 387. The standard InChI is InChI=1S/C10H10N2S.Zn/c13-9-4-2-1-3-8(9)7-10-11-5-6-12-10;/h1-6,13H,7H2,(H,11,12);. The molecule has 2 nitrogen and oxygen atoms in total. The van der Waals surface area contributed by atoms with Crippen molar-refractivity contribution >= 4 is 12.6 Å². The summed E-state index contributed by atoms with van der Waals surface area (Å²) in [4.78, 5) is 8.24. The monoisotopic (exact) mass is 254 g/mol. The first kappa shape index (κ1) is 11.5. The maximum atomic E-state index is 4.37. The average Bonchev–Trinajstić information content (AvgIpc) is 2.61. The molecule has 2 aromatic rings. The van der Waals surface area contributed by atoms with Crippen LogP contribution in [0.4, 0.5) is 0 Å². The van der Waals surface area contributed by atoms with E-state index in [9.17, 15) is 0 Å². The van der Waals surface area contributed by atoms with E-state index in [4.69, 9.17) is 0 Å². The third kappa shape index (κ3) is 2.69. The van der Waals surface area contributed by atoms with Crippen molar-refractivity contribution in [2.75, 3.05) is 0 Å². The third-order valence-corrected chi connectivity index (χ3v) is 2.34. The molecule has 0 aliphatic rings. The molecule has 0 aliphatic carbocycles. The molecule has 1 N–H and O–H groups in total. The second-order valence-electron chi connectivity index (χ2n) is 2.84. The predicted octanol–water partition coefficient (Wildman–Crippen LogP) is 2.29. The normalized spacial score (nSPS) is 9.50. The number of imidazole rings is 1. The number of benzene rings is 1. The first-order valence-corrected chi connectivity index (χ1v) is 4.56. The van der Waals surface area contributed by atoms with Crippen LogP contribution < -0.4 is 0 Å². The van der Waals surface area contributed by atoms with Gasteiger partial charge in [0.05, 0.1) is 0 Å². The molecule has 1 heterocycles. The van der Waals surface area contributed by atoms with Gasteiger partial charge in [0, 0.05) is 43.2 Å². The average molecular weight is 256 g/mol. The molecule has 0 fully saturated rings.